The van der Waals surface area contributed by atoms with Gasteiger partial charge < -0.3 is 38.6 Å². The van der Waals surface area contributed by atoms with E-state index in [4.69, 9.17) is 14.9 Å². The number of phosphoric ester groups is 2. The van der Waals surface area contributed by atoms with Crippen LogP contribution >= 0.6 is 23.5 Å². The van der Waals surface area contributed by atoms with Crippen molar-refractivity contribution in [3.05, 3.63) is 63.3 Å². The summed E-state index contributed by atoms with van der Waals surface area (Å²) in [5.74, 6) is -0.566. The molecule has 3 aromatic rings. The third kappa shape index (κ3) is 7.05. The fraction of sp³-hybridized carbons (Fsp3) is 0.227. The number of nitrogens with one attached hydrogen (secondary N) is 1. The summed E-state index contributed by atoms with van der Waals surface area (Å²) in [6, 6.07) is 7.25. The van der Waals surface area contributed by atoms with Crippen LogP contribution in [0.15, 0.2) is 56.7 Å². The molecule has 6 rings (SSSR count). The molecule has 2 aromatic heterocycles. The number of hydrogen-bond donors (Lipinski definition) is 2. The predicted octanol–water partition coefficient (Wildman–Crippen LogP) is 0.520. The SMILES string of the molecule is Nc1nc2c(ncn2C2CCC(COP(=O)([O-])OP(=O)([O-])OP(=O)([O-])Oc3ccc4nc5ccc(=O)cc-5oc4c3)O2)c(=O)[nH]1. The molecule has 23 heteroatoms. The van der Waals surface area contributed by atoms with Crippen molar-refractivity contribution in [3.8, 4) is 17.2 Å². The van der Waals surface area contributed by atoms with Gasteiger partial charge in [0, 0.05) is 12.1 Å². The standard InChI is InChI=1S/C22H21N6O14P3/c23-22-26-20-19(21(30)27-22)24-10-28(20)18-6-3-13(38-18)9-37-43(31,32)41-45(35,36)42-44(33,34)40-12-2-5-15-17(8-12)39-16-7-11(29)1-4-14(16)25-15/h1-2,4-5,7-8,10,13,18H,3,6,9H2,(H,31,32)(H,33,34)(H,35,36)(H3,23,26,27,30)/p-3. The minimum absolute atomic E-state index is 0.00374. The number of imidazole rings is 1. The number of phosphoric acid groups is 3. The van der Waals surface area contributed by atoms with Gasteiger partial charge in [0.2, 0.25) is 5.95 Å². The molecular formula is C22H18N6O14P3-3. The zero-order valence-corrected chi connectivity index (χ0v) is 24.9. The molecule has 3 N–H and O–H groups in total. The van der Waals surface area contributed by atoms with Crippen LogP contribution in [0.25, 0.3) is 33.7 Å². The van der Waals surface area contributed by atoms with E-state index in [-0.39, 0.29) is 45.8 Å². The molecule has 1 aliphatic carbocycles. The smallest absolute Gasteiger partial charge is 0.326 e. The van der Waals surface area contributed by atoms with Crippen molar-refractivity contribution in [1.29, 1.82) is 0 Å². The van der Waals surface area contributed by atoms with Crippen molar-refractivity contribution >= 4 is 51.7 Å². The third-order valence-corrected chi connectivity index (χ3v) is 10.3. The molecule has 0 bridgehead atoms. The second kappa shape index (κ2) is 11.5. The highest BCUT2D eigenvalue weighted by atomic mass is 31.3. The van der Waals surface area contributed by atoms with Gasteiger partial charge in [-0.2, -0.15) is 4.98 Å². The van der Waals surface area contributed by atoms with Crippen molar-refractivity contribution in [2.24, 2.45) is 0 Å². The van der Waals surface area contributed by atoms with Gasteiger partial charge in [-0.25, -0.2) is 18.6 Å². The number of hydrogen-bond acceptors (Lipinski definition) is 18. The van der Waals surface area contributed by atoms with Crippen molar-refractivity contribution in [3.63, 3.8) is 0 Å². The quantitative estimate of drug-likeness (QED) is 0.150. The Balaban J connectivity index is 1.06. The fourth-order valence-electron chi connectivity index (χ4n) is 4.41. The summed E-state index contributed by atoms with van der Waals surface area (Å²) in [4.78, 5) is 74.7. The van der Waals surface area contributed by atoms with Crippen molar-refractivity contribution in [2.75, 3.05) is 12.3 Å². The number of aromatic nitrogens is 5. The van der Waals surface area contributed by atoms with E-state index < -0.39 is 53.7 Å². The molecule has 0 spiro atoms. The average Bonchev–Trinajstić information content (AvgIpc) is 3.56. The normalized spacial score (nSPS) is 21.0. The first kappa shape index (κ1) is 31.2. The number of ether oxygens (including phenoxy) is 1. The van der Waals surface area contributed by atoms with Gasteiger partial charge in [0.05, 0.1) is 19.0 Å². The van der Waals surface area contributed by atoms with E-state index in [1.807, 2.05) is 0 Å². The average molecular weight is 683 g/mol. The summed E-state index contributed by atoms with van der Waals surface area (Å²) in [5, 5.41) is 0. The summed E-state index contributed by atoms with van der Waals surface area (Å²) in [5.41, 5.74) is 5.30. The Labute approximate surface area is 249 Å². The van der Waals surface area contributed by atoms with Crippen molar-refractivity contribution in [1.82, 2.24) is 24.5 Å². The van der Waals surface area contributed by atoms with Gasteiger partial charge in [0.25, 0.3) is 21.2 Å². The summed E-state index contributed by atoms with van der Waals surface area (Å²) < 4.78 is 66.3. The minimum Gasteiger partial charge on any atom is -0.756 e. The van der Waals surface area contributed by atoms with Gasteiger partial charge >= 0.3 is 7.82 Å². The molecule has 45 heavy (non-hydrogen) atoms. The first-order valence-electron chi connectivity index (χ1n) is 12.6. The Kier molecular flexibility index (Phi) is 7.99. The molecule has 5 unspecified atom stereocenters. The van der Waals surface area contributed by atoms with E-state index in [1.165, 1.54) is 29.1 Å². The zero-order chi connectivity index (χ0) is 32.1. The van der Waals surface area contributed by atoms with Crippen LogP contribution in [0.1, 0.15) is 19.1 Å². The van der Waals surface area contributed by atoms with Crippen LogP contribution in [-0.2, 0) is 31.6 Å². The van der Waals surface area contributed by atoms with E-state index in [0.29, 0.717) is 12.1 Å². The van der Waals surface area contributed by atoms with Gasteiger partial charge in [0.1, 0.15) is 23.2 Å². The maximum absolute atomic E-state index is 12.3. The molecule has 1 saturated heterocycles. The van der Waals surface area contributed by atoms with Crippen LogP contribution in [0.4, 0.5) is 5.95 Å². The van der Waals surface area contributed by atoms with E-state index in [1.54, 1.807) is 0 Å². The maximum atomic E-state index is 12.3. The Hall–Kier alpha value is -3.80. The maximum Gasteiger partial charge on any atom is 0.326 e. The van der Waals surface area contributed by atoms with Crippen LogP contribution in [0, 0.1) is 0 Å². The number of nitrogens with two attached hydrogens (primary N) is 1. The van der Waals surface area contributed by atoms with E-state index in [9.17, 15) is 38.0 Å². The number of rotatable bonds is 10. The minimum atomic E-state index is -6.14. The molecular weight excluding hydrogens is 665 g/mol. The lowest BCUT2D eigenvalue weighted by atomic mass is 10.2. The molecule has 0 radical (unpaired) electrons. The van der Waals surface area contributed by atoms with Crippen LogP contribution in [0.5, 0.6) is 5.75 Å². The van der Waals surface area contributed by atoms with Crippen LogP contribution in [-0.4, -0.2) is 37.2 Å². The summed E-state index contributed by atoms with van der Waals surface area (Å²) in [6.45, 7) is -0.720. The molecule has 3 aliphatic rings. The lowest BCUT2D eigenvalue weighted by Gasteiger charge is -2.34. The second-order valence-corrected chi connectivity index (χ2v) is 13.9. The highest BCUT2D eigenvalue weighted by Gasteiger charge is 2.32. The van der Waals surface area contributed by atoms with Crippen LogP contribution < -0.4 is 35.9 Å². The number of anilines is 1. The van der Waals surface area contributed by atoms with E-state index >= 15 is 0 Å². The summed E-state index contributed by atoms with van der Waals surface area (Å²) in [6.07, 6.45) is 0.156. The molecule has 4 heterocycles. The lowest BCUT2D eigenvalue weighted by molar-refractivity contribution is -0.249. The fourth-order valence-corrected chi connectivity index (χ4v) is 7.80. The molecule has 0 saturated carbocycles. The number of fused-ring (bicyclic) bond motifs is 3. The largest absolute Gasteiger partial charge is 0.756 e. The van der Waals surface area contributed by atoms with Crippen LogP contribution in [0.2, 0.25) is 0 Å². The Bertz CT molecular complexity index is 2170. The molecule has 238 valence electrons. The van der Waals surface area contributed by atoms with Gasteiger partial charge in [-0.1, -0.05) is 0 Å². The first-order valence-corrected chi connectivity index (χ1v) is 17.0. The lowest BCUT2D eigenvalue weighted by Crippen LogP contribution is -2.21. The molecule has 2 aliphatic heterocycles. The molecule has 0 amide bonds. The topological polar surface area (TPSA) is 299 Å². The Morgan fingerprint density at radius 2 is 1.78 bits per heavy atom. The number of nitrogen functional groups attached to an aromatic ring is 1. The highest BCUT2D eigenvalue weighted by molar-refractivity contribution is 7.65. The number of nitrogens with zero attached hydrogens (tertiary/aromatic N) is 4. The third-order valence-electron chi connectivity index (χ3n) is 6.21. The summed E-state index contributed by atoms with van der Waals surface area (Å²) >= 11 is 0. The predicted molar refractivity (Wildman–Crippen MR) is 144 cm³/mol. The number of benzene rings is 2. The Morgan fingerprint density at radius 1 is 1.00 bits per heavy atom. The number of aromatic amines is 1. The molecule has 20 nitrogen and oxygen atoms in total. The van der Waals surface area contributed by atoms with E-state index in [2.05, 4.69) is 37.6 Å². The molecule has 1 aromatic carbocycles. The van der Waals surface area contributed by atoms with Gasteiger partial charge in [0.15, 0.2) is 27.9 Å². The Morgan fingerprint density at radius 3 is 2.58 bits per heavy atom. The first-order chi connectivity index (χ1) is 21.2. The van der Waals surface area contributed by atoms with Crippen LogP contribution in [0.3, 0.4) is 0 Å². The second-order valence-electron chi connectivity index (χ2n) is 9.43. The van der Waals surface area contributed by atoms with Crippen molar-refractivity contribution in [2.45, 2.75) is 25.2 Å². The van der Waals surface area contributed by atoms with Gasteiger partial charge in [-0.05, 0) is 37.1 Å². The molecule has 5 atom stereocenters. The zero-order valence-electron chi connectivity index (χ0n) is 22.2. The monoisotopic (exact) mass is 683 g/mol. The van der Waals surface area contributed by atoms with Crippen molar-refractivity contribution < 1.29 is 55.2 Å². The van der Waals surface area contributed by atoms with E-state index in [0.717, 1.165) is 18.2 Å². The van der Waals surface area contributed by atoms with Gasteiger partial charge in [-0.3, -0.25) is 32.8 Å². The van der Waals surface area contributed by atoms with Gasteiger partial charge in [-0.15, -0.1) is 0 Å². The highest BCUT2D eigenvalue weighted by Crippen LogP contribution is 2.62. The molecule has 1 fully saturated rings. The summed E-state index contributed by atoms with van der Waals surface area (Å²) in [7, 11) is -17.7. The number of H-pyrrole nitrogens is 1.